The molecule has 1 amide bonds. The van der Waals surface area contributed by atoms with Gasteiger partial charge in [0.1, 0.15) is 11.7 Å². The normalized spacial score (nSPS) is 10.2. The summed E-state index contributed by atoms with van der Waals surface area (Å²) in [5.41, 5.74) is 7.42. The maximum absolute atomic E-state index is 12.2. The van der Waals surface area contributed by atoms with Gasteiger partial charge in [0.25, 0.3) is 5.91 Å². The van der Waals surface area contributed by atoms with Crippen LogP contribution in [0.1, 0.15) is 16.1 Å². The first-order chi connectivity index (χ1) is 10.2. The fourth-order valence-electron chi connectivity index (χ4n) is 2.04. The van der Waals surface area contributed by atoms with Crippen molar-refractivity contribution in [1.82, 2.24) is 0 Å². The van der Waals surface area contributed by atoms with Crippen molar-refractivity contribution in [3.63, 3.8) is 0 Å². The number of para-hydroxylation sites is 1. The van der Waals surface area contributed by atoms with Gasteiger partial charge in [0, 0.05) is 11.1 Å². The average Bonchev–Trinajstić information content (AvgIpc) is 2.93. The number of nitriles is 1. The minimum Gasteiger partial charge on any atom is -0.451 e. The number of nitrogens with zero attached hydrogens (tertiary/aromatic N) is 1. The van der Waals surface area contributed by atoms with Gasteiger partial charge in [-0.2, -0.15) is 5.26 Å². The summed E-state index contributed by atoms with van der Waals surface area (Å²) in [5, 5.41) is 12.6. The topological polar surface area (TPSA) is 92.0 Å². The summed E-state index contributed by atoms with van der Waals surface area (Å²) in [4.78, 5) is 12.2. The number of rotatable bonds is 2. The van der Waals surface area contributed by atoms with Crippen LogP contribution in [0.25, 0.3) is 11.0 Å². The first-order valence-electron chi connectivity index (χ1n) is 6.27. The van der Waals surface area contributed by atoms with Gasteiger partial charge in [-0.3, -0.25) is 4.79 Å². The van der Waals surface area contributed by atoms with Crippen molar-refractivity contribution in [2.45, 2.75) is 0 Å². The quantitative estimate of drug-likeness (QED) is 0.704. The molecule has 0 bridgehead atoms. The molecule has 0 saturated carbocycles. The van der Waals surface area contributed by atoms with Crippen LogP contribution in [0.5, 0.6) is 0 Å². The van der Waals surface area contributed by atoms with E-state index in [1.54, 1.807) is 24.3 Å². The van der Waals surface area contributed by atoms with Crippen LogP contribution in [0, 0.1) is 11.3 Å². The number of furan rings is 1. The van der Waals surface area contributed by atoms with Crippen LogP contribution < -0.4 is 11.1 Å². The minimum atomic E-state index is -0.410. The zero-order valence-corrected chi connectivity index (χ0v) is 11.0. The highest BCUT2D eigenvalue weighted by Gasteiger charge is 2.14. The third-order valence-corrected chi connectivity index (χ3v) is 3.06. The van der Waals surface area contributed by atoms with Crippen LogP contribution in [0.2, 0.25) is 0 Å². The first-order valence-corrected chi connectivity index (χ1v) is 6.27. The fraction of sp³-hybridized carbons (Fsp3) is 0. The van der Waals surface area contributed by atoms with Gasteiger partial charge in [-0.25, -0.2) is 0 Å². The first kappa shape index (κ1) is 12.8. The largest absolute Gasteiger partial charge is 0.451 e. The van der Waals surface area contributed by atoms with Crippen LogP contribution in [0.3, 0.4) is 0 Å². The van der Waals surface area contributed by atoms with Gasteiger partial charge in [0.2, 0.25) is 0 Å². The van der Waals surface area contributed by atoms with Crippen LogP contribution in [-0.2, 0) is 0 Å². The summed E-state index contributed by atoms with van der Waals surface area (Å²) in [5.74, 6) is -0.218. The second-order valence-corrected chi connectivity index (χ2v) is 4.52. The standard InChI is InChI=1S/C16H11N3O2/c17-9-11-7-12(18)5-6-13(11)19-16(20)15-8-10-3-1-2-4-14(10)21-15/h1-8H,18H2,(H,19,20). The molecule has 0 unspecified atom stereocenters. The molecule has 0 fully saturated rings. The molecule has 5 nitrogen and oxygen atoms in total. The Morgan fingerprint density at radius 2 is 2.00 bits per heavy atom. The van der Waals surface area contributed by atoms with E-state index in [0.717, 1.165) is 5.39 Å². The molecule has 3 N–H and O–H groups in total. The molecule has 0 aliphatic heterocycles. The van der Waals surface area contributed by atoms with Gasteiger partial charge < -0.3 is 15.5 Å². The Labute approximate surface area is 120 Å². The Bertz CT molecular complexity index is 842. The summed E-state index contributed by atoms with van der Waals surface area (Å²) >= 11 is 0. The third-order valence-electron chi connectivity index (χ3n) is 3.06. The minimum absolute atomic E-state index is 0.192. The summed E-state index contributed by atoms with van der Waals surface area (Å²) in [6.45, 7) is 0. The molecule has 5 heteroatoms. The zero-order valence-electron chi connectivity index (χ0n) is 11.0. The average molecular weight is 277 g/mol. The maximum Gasteiger partial charge on any atom is 0.291 e. The number of carbonyl (C=O) groups is 1. The number of fused-ring (bicyclic) bond motifs is 1. The molecule has 21 heavy (non-hydrogen) atoms. The lowest BCUT2D eigenvalue weighted by molar-refractivity contribution is 0.0998. The Balaban J connectivity index is 1.91. The van der Waals surface area contributed by atoms with E-state index in [4.69, 9.17) is 15.4 Å². The van der Waals surface area contributed by atoms with E-state index in [-0.39, 0.29) is 5.76 Å². The Hall–Kier alpha value is -3.26. The van der Waals surface area contributed by atoms with Gasteiger partial charge in [0.15, 0.2) is 5.76 Å². The lowest BCUT2D eigenvalue weighted by Crippen LogP contribution is -2.12. The van der Waals surface area contributed by atoms with Crippen molar-refractivity contribution >= 4 is 28.3 Å². The summed E-state index contributed by atoms with van der Waals surface area (Å²) < 4.78 is 5.48. The lowest BCUT2D eigenvalue weighted by atomic mass is 10.1. The monoisotopic (exact) mass is 277 g/mol. The number of carbonyl (C=O) groups excluding carboxylic acids is 1. The van der Waals surface area contributed by atoms with Crippen molar-refractivity contribution < 1.29 is 9.21 Å². The van der Waals surface area contributed by atoms with Crippen LogP contribution in [0.4, 0.5) is 11.4 Å². The molecule has 0 atom stereocenters. The number of hydrogen-bond acceptors (Lipinski definition) is 4. The van der Waals surface area contributed by atoms with E-state index in [1.807, 2.05) is 24.3 Å². The second kappa shape index (κ2) is 5.02. The van der Waals surface area contributed by atoms with E-state index >= 15 is 0 Å². The number of amides is 1. The van der Waals surface area contributed by atoms with Gasteiger partial charge in [-0.1, -0.05) is 18.2 Å². The van der Waals surface area contributed by atoms with Crippen molar-refractivity contribution in [2.24, 2.45) is 0 Å². The smallest absolute Gasteiger partial charge is 0.291 e. The number of benzene rings is 2. The molecule has 1 heterocycles. The van der Waals surface area contributed by atoms with Gasteiger partial charge in [-0.15, -0.1) is 0 Å². The Kier molecular flexibility index (Phi) is 3.05. The highest BCUT2D eigenvalue weighted by atomic mass is 16.3. The van der Waals surface area contributed by atoms with Gasteiger partial charge >= 0.3 is 0 Å². The van der Waals surface area contributed by atoms with Crippen molar-refractivity contribution in [3.8, 4) is 6.07 Å². The fourth-order valence-corrected chi connectivity index (χ4v) is 2.04. The molecule has 3 aromatic rings. The Morgan fingerprint density at radius 1 is 1.19 bits per heavy atom. The molecular formula is C16H11N3O2. The van der Waals surface area contributed by atoms with Crippen molar-refractivity contribution in [2.75, 3.05) is 11.1 Å². The predicted octanol–water partition coefficient (Wildman–Crippen LogP) is 3.14. The molecule has 1 aromatic heterocycles. The molecule has 0 spiro atoms. The van der Waals surface area contributed by atoms with E-state index in [1.165, 1.54) is 6.07 Å². The van der Waals surface area contributed by atoms with E-state index in [9.17, 15) is 4.79 Å². The van der Waals surface area contributed by atoms with E-state index < -0.39 is 5.91 Å². The number of anilines is 2. The van der Waals surface area contributed by atoms with Gasteiger partial charge in [-0.05, 0) is 30.3 Å². The number of hydrogen-bond donors (Lipinski definition) is 2. The molecular weight excluding hydrogens is 266 g/mol. The zero-order chi connectivity index (χ0) is 14.8. The Morgan fingerprint density at radius 3 is 2.76 bits per heavy atom. The molecule has 0 saturated heterocycles. The van der Waals surface area contributed by atoms with E-state index in [2.05, 4.69) is 5.32 Å². The number of nitrogens with one attached hydrogen (secondary N) is 1. The highest BCUT2D eigenvalue weighted by molar-refractivity contribution is 6.05. The van der Waals surface area contributed by atoms with Crippen LogP contribution >= 0.6 is 0 Å². The molecule has 0 aliphatic rings. The third kappa shape index (κ3) is 2.42. The molecule has 0 aliphatic carbocycles. The SMILES string of the molecule is N#Cc1cc(N)ccc1NC(=O)c1cc2ccccc2o1. The summed E-state index contributed by atoms with van der Waals surface area (Å²) in [6.07, 6.45) is 0. The number of nitrogen functional groups attached to an aromatic ring is 1. The second-order valence-electron chi connectivity index (χ2n) is 4.52. The molecule has 0 radical (unpaired) electrons. The van der Waals surface area contributed by atoms with E-state index in [0.29, 0.717) is 22.5 Å². The highest BCUT2D eigenvalue weighted by Crippen LogP contribution is 2.22. The molecule has 102 valence electrons. The van der Waals surface area contributed by atoms with Crippen LogP contribution in [-0.4, -0.2) is 5.91 Å². The number of nitrogens with two attached hydrogens (primary N) is 1. The van der Waals surface area contributed by atoms with Crippen LogP contribution in [0.15, 0.2) is 52.9 Å². The molecule has 3 rings (SSSR count). The lowest BCUT2D eigenvalue weighted by Gasteiger charge is -2.05. The van der Waals surface area contributed by atoms with Crippen molar-refractivity contribution in [1.29, 1.82) is 5.26 Å². The van der Waals surface area contributed by atoms with Crippen molar-refractivity contribution in [3.05, 3.63) is 59.9 Å². The molecule has 2 aromatic carbocycles. The van der Waals surface area contributed by atoms with Gasteiger partial charge in [0.05, 0.1) is 11.3 Å². The predicted molar refractivity (Wildman–Crippen MR) is 79.7 cm³/mol. The maximum atomic E-state index is 12.2. The summed E-state index contributed by atoms with van der Waals surface area (Å²) in [7, 11) is 0. The summed E-state index contributed by atoms with van der Waals surface area (Å²) in [6, 6.07) is 15.7.